The summed E-state index contributed by atoms with van der Waals surface area (Å²) in [5.74, 6) is -0.260. The van der Waals surface area contributed by atoms with Crippen molar-refractivity contribution < 1.29 is 19.1 Å². The molecule has 0 bridgehead atoms. The number of nitrogens with one attached hydrogen (secondary N) is 1. The van der Waals surface area contributed by atoms with Crippen LogP contribution in [-0.2, 0) is 19.8 Å². The summed E-state index contributed by atoms with van der Waals surface area (Å²) in [5, 5.41) is 9.20. The van der Waals surface area contributed by atoms with E-state index in [1.807, 2.05) is 16.8 Å². The van der Waals surface area contributed by atoms with Gasteiger partial charge in [-0.25, -0.2) is 4.68 Å². The van der Waals surface area contributed by atoms with E-state index < -0.39 is 5.54 Å². The van der Waals surface area contributed by atoms with E-state index >= 15 is 0 Å². The van der Waals surface area contributed by atoms with E-state index in [1.54, 1.807) is 18.3 Å². The van der Waals surface area contributed by atoms with Gasteiger partial charge in [0.05, 0.1) is 48.5 Å². The van der Waals surface area contributed by atoms with Gasteiger partial charge in [-0.15, -0.1) is 0 Å². The fourth-order valence-electron chi connectivity index (χ4n) is 6.09. The van der Waals surface area contributed by atoms with Gasteiger partial charge in [0.2, 0.25) is 0 Å². The number of amides is 1. The Bertz CT molecular complexity index is 1320. The summed E-state index contributed by atoms with van der Waals surface area (Å²) in [7, 11) is 1.44. The molecule has 182 valence electrons. The first-order chi connectivity index (χ1) is 16.8. The van der Waals surface area contributed by atoms with Crippen molar-refractivity contribution in [1.29, 1.82) is 0 Å². The molecular formula is C26H25BrClN3O4. The molecular weight excluding hydrogens is 534 g/mol. The smallest absolute Gasteiger partial charge is 0.308 e. The first-order valence-electron chi connectivity index (χ1n) is 11.7. The van der Waals surface area contributed by atoms with Gasteiger partial charge in [0.25, 0.3) is 5.91 Å². The van der Waals surface area contributed by atoms with Crippen LogP contribution in [0.5, 0.6) is 0 Å². The molecule has 0 unspecified atom stereocenters. The van der Waals surface area contributed by atoms with Gasteiger partial charge in [0.15, 0.2) is 0 Å². The number of aromatic nitrogens is 2. The van der Waals surface area contributed by atoms with Crippen molar-refractivity contribution in [1.82, 2.24) is 15.1 Å². The van der Waals surface area contributed by atoms with Crippen LogP contribution in [0.15, 0.2) is 47.1 Å². The lowest BCUT2D eigenvalue weighted by Crippen LogP contribution is -2.57. The second kappa shape index (κ2) is 8.32. The fourth-order valence-corrected chi connectivity index (χ4v) is 6.55. The zero-order valence-corrected chi connectivity index (χ0v) is 21.6. The van der Waals surface area contributed by atoms with Crippen molar-refractivity contribution in [2.75, 3.05) is 20.3 Å². The second-order valence-electron chi connectivity index (χ2n) is 10.2. The lowest BCUT2D eigenvalue weighted by Gasteiger charge is -2.56. The number of ether oxygens (including phenoxy) is 2. The molecule has 0 radical (unpaired) electrons. The highest BCUT2D eigenvalue weighted by Crippen LogP contribution is 2.59. The summed E-state index contributed by atoms with van der Waals surface area (Å²) >= 11 is 10.0. The SMILES string of the molecule is COC(=O)C1CC2(CC(NC(=O)c3ccc(Cl)c4cnn(C5(c6ccc(Br)cc6)COC5)c34)C2)C1. The van der Waals surface area contributed by atoms with Crippen LogP contribution in [0.2, 0.25) is 5.02 Å². The number of nitrogens with zero attached hydrogens (tertiary/aromatic N) is 2. The molecule has 2 saturated carbocycles. The molecule has 3 fully saturated rings. The minimum atomic E-state index is -0.502. The molecule has 1 spiro atoms. The van der Waals surface area contributed by atoms with Gasteiger partial charge in [-0.3, -0.25) is 9.59 Å². The predicted molar refractivity (Wildman–Crippen MR) is 134 cm³/mol. The molecule has 3 aliphatic rings. The largest absolute Gasteiger partial charge is 0.469 e. The van der Waals surface area contributed by atoms with Crippen molar-refractivity contribution in [3.63, 3.8) is 0 Å². The number of fused-ring (bicyclic) bond motifs is 1. The lowest BCUT2D eigenvalue weighted by molar-refractivity contribution is -0.159. The van der Waals surface area contributed by atoms with Crippen molar-refractivity contribution >= 4 is 50.3 Å². The second-order valence-corrected chi connectivity index (χ2v) is 11.5. The third-order valence-electron chi connectivity index (χ3n) is 7.98. The van der Waals surface area contributed by atoms with Crippen LogP contribution in [-0.4, -0.2) is 48.0 Å². The summed E-state index contributed by atoms with van der Waals surface area (Å²) in [5.41, 5.74) is 1.99. The highest BCUT2D eigenvalue weighted by molar-refractivity contribution is 9.10. The Hall–Kier alpha value is -2.42. The molecule has 6 rings (SSSR count). The van der Waals surface area contributed by atoms with Crippen LogP contribution in [0.4, 0.5) is 0 Å². The number of methoxy groups -OCH3 is 1. The Balaban J connectivity index is 1.27. The van der Waals surface area contributed by atoms with Crippen LogP contribution < -0.4 is 5.32 Å². The van der Waals surface area contributed by atoms with Crippen LogP contribution in [0.1, 0.15) is 41.6 Å². The van der Waals surface area contributed by atoms with E-state index in [0.717, 1.165) is 41.1 Å². The summed E-state index contributed by atoms with van der Waals surface area (Å²) in [6.07, 6.45) is 5.20. The number of carbonyl (C=O) groups excluding carboxylic acids is 2. The maximum absolute atomic E-state index is 13.5. The summed E-state index contributed by atoms with van der Waals surface area (Å²) < 4.78 is 13.4. The Morgan fingerprint density at radius 3 is 2.49 bits per heavy atom. The van der Waals surface area contributed by atoms with E-state index in [4.69, 9.17) is 26.2 Å². The number of esters is 1. The highest BCUT2D eigenvalue weighted by Gasteiger charge is 2.55. The van der Waals surface area contributed by atoms with Crippen molar-refractivity contribution in [3.8, 4) is 0 Å². The van der Waals surface area contributed by atoms with Gasteiger partial charge < -0.3 is 14.8 Å². The van der Waals surface area contributed by atoms with Gasteiger partial charge in [0.1, 0.15) is 5.54 Å². The van der Waals surface area contributed by atoms with Crippen LogP contribution in [0.25, 0.3) is 10.9 Å². The van der Waals surface area contributed by atoms with E-state index in [2.05, 4.69) is 33.4 Å². The summed E-state index contributed by atoms with van der Waals surface area (Å²) in [6.45, 7) is 0.928. The topological polar surface area (TPSA) is 82.5 Å². The van der Waals surface area contributed by atoms with Gasteiger partial charge in [-0.2, -0.15) is 5.10 Å². The Morgan fingerprint density at radius 2 is 1.86 bits per heavy atom. The Labute approximate surface area is 216 Å². The molecule has 9 heteroatoms. The van der Waals surface area contributed by atoms with Crippen molar-refractivity contribution in [2.45, 2.75) is 37.3 Å². The maximum atomic E-state index is 13.5. The van der Waals surface area contributed by atoms with Crippen molar-refractivity contribution in [3.05, 3.63) is 63.2 Å². The Morgan fingerprint density at radius 1 is 1.14 bits per heavy atom. The molecule has 2 aromatic carbocycles. The monoisotopic (exact) mass is 557 g/mol. The number of hydrogen-bond donors (Lipinski definition) is 1. The van der Waals surface area contributed by atoms with Crippen LogP contribution in [0, 0.1) is 11.3 Å². The number of carbonyl (C=O) groups is 2. The molecule has 1 N–H and O–H groups in total. The molecule has 1 aliphatic heterocycles. The average molecular weight is 559 g/mol. The highest BCUT2D eigenvalue weighted by atomic mass is 79.9. The van der Waals surface area contributed by atoms with Crippen LogP contribution in [0.3, 0.4) is 0 Å². The minimum Gasteiger partial charge on any atom is -0.469 e. The van der Waals surface area contributed by atoms with E-state index in [-0.39, 0.29) is 29.3 Å². The zero-order chi connectivity index (χ0) is 24.4. The van der Waals surface area contributed by atoms with Gasteiger partial charge in [-0.1, -0.05) is 39.7 Å². The molecule has 0 atom stereocenters. The zero-order valence-electron chi connectivity index (χ0n) is 19.2. The standard InChI is InChI=1S/C26H25BrClN3O4/c1-34-24(33)15-8-25(9-15)10-18(11-25)30-23(32)19-6-7-21(28)20-12-29-31(22(19)20)26(13-35-14-26)16-2-4-17(27)5-3-16/h2-7,12,15,18H,8-11,13-14H2,1H3,(H,30,32). The first-order valence-corrected chi connectivity index (χ1v) is 12.9. The van der Waals surface area contributed by atoms with Gasteiger partial charge in [0, 0.05) is 15.9 Å². The lowest BCUT2D eigenvalue weighted by atomic mass is 9.50. The summed E-state index contributed by atoms with van der Waals surface area (Å²) in [4.78, 5) is 25.2. The van der Waals surface area contributed by atoms with E-state index in [0.29, 0.717) is 29.3 Å². The molecule has 1 saturated heterocycles. The molecule has 2 heterocycles. The molecule has 35 heavy (non-hydrogen) atoms. The normalized spacial score (nSPS) is 26.5. The number of benzene rings is 2. The van der Waals surface area contributed by atoms with E-state index in [9.17, 15) is 9.59 Å². The molecule has 1 aromatic heterocycles. The number of hydrogen-bond acceptors (Lipinski definition) is 5. The molecule has 7 nitrogen and oxygen atoms in total. The van der Waals surface area contributed by atoms with Gasteiger partial charge in [-0.05, 0) is 60.9 Å². The van der Waals surface area contributed by atoms with E-state index in [1.165, 1.54) is 7.11 Å². The molecule has 2 aliphatic carbocycles. The molecule has 3 aromatic rings. The third-order valence-corrected chi connectivity index (χ3v) is 8.84. The molecule has 1 amide bonds. The maximum Gasteiger partial charge on any atom is 0.308 e. The predicted octanol–water partition coefficient (Wildman–Crippen LogP) is 4.69. The summed E-state index contributed by atoms with van der Waals surface area (Å²) in [6, 6.07) is 11.7. The third kappa shape index (κ3) is 3.60. The van der Waals surface area contributed by atoms with Crippen LogP contribution >= 0.6 is 27.5 Å². The number of halogens is 2. The fraction of sp³-hybridized carbons (Fsp3) is 0.423. The minimum absolute atomic E-state index is 0.00129. The number of rotatable bonds is 5. The average Bonchev–Trinajstić information content (AvgIpc) is 3.21. The Kier molecular flexibility index (Phi) is 5.47. The quantitative estimate of drug-likeness (QED) is 0.460. The first kappa shape index (κ1) is 23.0. The van der Waals surface area contributed by atoms with Gasteiger partial charge >= 0.3 is 5.97 Å². The van der Waals surface area contributed by atoms with Crippen molar-refractivity contribution in [2.24, 2.45) is 11.3 Å².